The fourth-order valence-corrected chi connectivity index (χ4v) is 7.97. The molecule has 0 amide bonds. The van der Waals surface area contributed by atoms with Crippen LogP contribution in [0, 0.1) is 0 Å². The van der Waals surface area contributed by atoms with Gasteiger partial charge in [0.1, 0.15) is 13.2 Å². The highest BCUT2D eigenvalue weighted by atomic mass is 16.6. The van der Waals surface area contributed by atoms with Crippen LogP contribution in [-0.2, 0) is 28.6 Å². The van der Waals surface area contributed by atoms with E-state index in [0.29, 0.717) is 19.3 Å². The summed E-state index contributed by atoms with van der Waals surface area (Å²) in [5.41, 5.74) is 0. The summed E-state index contributed by atoms with van der Waals surface area (Å²) in [5.74, 6) is -0.856. The van der Waals surface area contributed by atoms with Gasteiger partial charge in [0.2, 0.25) is 0 Å². The standard InChI is InChI=1S/C54H102O6/c1-4-7-10-13-16-19-21-23-25-26-27-28-29-31-32-35-38-41-44-47-53(56)59-50-51(49-58-52(55)46-43-40-37-34-18-15-12-9-6-3)60-54(57)48-45-42-39-36-33-30-24-22-20-17-14-11-8-5-2/h26-27,51H,4-25,28-50H2,1-3H3/b27-26-/t51-/m1/s1. The first-order valence-electron chi connectivity index (χ1n) is 26.7. The third-order valence-electron chi connectivity index (χ3n) is 12.0. The maximum Gasteiger partial charge on any atom is 0.306 e. The molecule has 354 valence electrons. The zero-order valence-electron chi connectivity index (χ0n) is 40.5. The molecule has 1 atom stereocenters. The molecule has 0 saturated heterocycles. The Bertz CT molecular complexity index is 931. The average molecular weight is 847 g/mol. The third kappa shape index (κ3) is 47.2. The summed E-state index contributed by atoms with van der Waals surface area (Å²) in [5, 5.41) is 0. The Morgan fingerprint density at radius 1 is 0.317 bits per heavy atom. The quantitative estimate of drug-likeness (QED) is 0.0263. The van der Waals surface area contributed by atoms with E-state index in [1.54, 1.807) is 0 Å². The maximum absolute atomic E-state index is 12.8. The van der Waals surface area contributed by atoms with Crippen LogP contribution < -0.4 is 0 Å². The van der Waals surface area contributed by atoms with Crippen molar-refractivity contribution in [1.82, 2.24) is 0 Å². The van der Waals surface area contributed by atoms with Crippen LogP contribution in [0.5, 0.6) is 0 Å². The van der Waals surface area contributed by atoms with Gasteiger partial charge in [0.05, 0.1) is 0 Å². The van der Waals surface area contributed by atoms with Crippen molar-refractivity contribution in [1.29, 1.82) is 0 Å². The van der Waals surface area contributed by atoms with Crippen LogP contribution in [0.2, 0.25) is 0 Å². The largest absolute Gasteiger partial charge is 0.462 e. The number of hydrogen-bond donors (Lipinski definition) is 0. The summed E-state index contributed by atoms with van der Waals surface area (Å²) in [7, 11) is 0. The van der Waals surface area contributed by atoms with Gasteiger partial charge in [-0.05, 0) is 44.9 Å². The molecule has 0 aliphatic heterocycles. The average Bonchev–Trinajstić information content (AvgIpc) is 3.24. The fourth-order valence-electron chi connectivity index (χ4n) is 7.97. The number of allylic oxidation sites excluding steroid dienone is 2. The van der Waals surface area contributed by atoms with Gasteiger partial charge in [0.15, 0.2) is 6.10 Å². The monoisotopic (exact) mass is 847 g/mol. The Labute approximate surface area is 373 Å². The first-order valence-corrected chi connectivity index (χ1v) is 26.7. The van der Waals surface area contributed by atoms with E-state index < -0.39 is 6.10 Å². The van der Waals surface area contributed by atoms with Gasteiger partial charge in [-0.25, -0.2) is 0 Å². The molecule has 0 aliphatic carbocycles. The van der Waals surface area contributed by atoms with Gasteiger partial charge in [-0.3, -0.25) is 14.4 Å². The zero-order valence-corrected chi connectivity index (χ0v) is 40.5. The second-order valence-electron chi connectivity index (χ2n) is 18.2. The van der Waals surface area contributed by atoms with Crippen molar-refractivity contribution in [2.75, 3.05) is 13.2 Å². The van der Waals surface area contributed by atoms with E-state index in [-0.39, 0.29) is 31.1 Å². The smallest absolute Gasteiger partial charge is 0.306 e. The summed E-state index contributed by atoms with van der Waals surface area (Å²) in [4.78, 5) is 37.9. The summed E-state index contributed by atoms with van der Waals surface area (Å²) in [6.07, 6.45) is 54.9. The van der Waals surface area contributed by atoms with Crippen molar-refractivity contribution >= 4 is 17.9 Å². The highest BCUT2D eigenvalue weighted by Crippen LogP contribution is 2.16. The molecule has 60 heavy (non-hydrogen) atoms. The summed E-state index contributed by atoms with van der Waals surface area (Å²) >= 11 is 0. The molecule has 0 aromatic rings. The van der Waals surface area contributed by atoms with E-state index in [9.17, 15) is 14.4 Å². The number of unbranched alkanes of at least 4 members (excludes halogenated alkanes) is 36. The van der Waals surface area contributed by atoms with Crippen molar-refractivity contribution in [2.24, 2.45) is 0 Å². The van der Waals surface area contributed by atoms with Gasteiger partial charge in [0, 0.05) is 19.3 Å². The van der Waals surface area contributed by atoms with E-state index in [4.69, 9.17) is 14.2 Å². The first kappa shape index (κ1) is 58.1. The molecule has 0 heterocycles. The lowest BCUT2D eigenvalue weighted by Gasteiger charge is -2.18. The van der Waals surface area contributed by atoms with Crippen LogP contribution in [0.15, 0.2) is 12.2 Å². The topological polar surface area (TPSA) is 78.9 Å². The third-order valence-corrected chi connectivity index (χ3v) is 12.0. The number of rotatable bonds is 49. The van der Waals surface area contributed by atoms with Crippen LogP contribution in [0.1, 0.15) is 297 Å². The Morgan fingerprint density at radius 3 is 0.833 bits per heavy atom. The molecule has 0 unspecified atom stereocenters. The predicted octanol–water partition coefficient (Wildman–Crippen LogP) is 17.4. The first-order chi connectivity index (χ1) is 29.5. The van der Waals surface area contributed by atoms with Gasteiger partial charge in [-0.1, -0.05) is 245 Å². The molecular weight excluding hydrogens is 745 g/mol. The van der Waals surface area contributed by atoms with Gasteiger partial charge in [-0.15, -0.1) is 0 Å². The van der Waals surface area contributed by atoms with E-state index in [2.05, 4.69) is 32.9 Å². The second kappa shape index (κ2) is 49.8. The molecule has 0 aliphatic rings. The van der Waals surface area contributed by atoms with Crippen LogP contribution in [-0.4, -0.2) is 37.2 Å². The fraction of sp³-hybridized carbons (Fsp3) is 0.907. The van der Waals surface area contributed by atoms with Crippen molar-refractivity contribution in [3.05, 3.63) is 12.2 Å². The predicted molar refractivity (Wildman–Crippen MR) is 256 cm³/mol. The molecule has 6 nitrogen and oxygen atoms in total. The van der Waals surface area contributed by atoms with E-state index in [0.717, 1.165) is 57.8 Å². The molecule has 6 heteroatoms. The normalized spacial score (nSPS) is 12.0. The number of carbonyl (C=O) groups is 3. The lowest BCUT2D eigenvalue weighted by atomic mass is 10.0. The van der Waals surface area contributed by atoms with Crippen LogP contribution in [0.4, 0.5) is 0 Å². The Morgan fingerprint density at radius 2 is 0.550 bits per heavy atom. The zero-order chi connectivity index (χ0) is 43.7. The number of esters is 3. The number of hydrogen-bond acceptors (Lipinski definition) is 6. The van der Waals surface area contributed by atoms with Crippen molar-refractivity contribution in [3.63, 3.8) is 0 Å². The van der Waals surface area contributed by atoms with Gasteiger partial charge in [-0.2, -0.15) is 0 Å². The molecular formula is C54H102O6. The van der Waals surface area contributed by atoms with Crippen molar-refractivity contribution in [2.45, 2.75) is 303 Å². The number of carbonyl (C=O) groups excluding carboxylic acids is 3. The molecule has 0 fully saturated rings. The number of ether oxygens (including phenoxy) is 3. The highest BCUT2D eigenvalue weighted by molar-refractivity contribution is 5.71. The minimum Gasteiger partial charge on any atom is -0.462 e. The minimum absolute atomic E-state index is 0.0664. The summed E-state index contributed by atoms with van der Waals surface area (Å²) < 4.78 is 16.8. The molecule has 0 N–H and O–H groups in total. The van der Waals surface area contributed by atoms with E-state index in [1.165, 1.54) is 199 Å². The van der Waals surface area contributed by atoms with Crippen LogP contribution in [0.3, 0.4) is 0 Å². The molecule has 0 rings (SSSR count). The molecule has 0 bridgehead atoms. The van der Waals surface area contributed by atoms with Gasteiger partial charge < -0.3 is 14.2 Å². The maximum atomic E-state index is 12.8. The Hall–Kier alpha value is -1.85. The Kier molecular flexibility index (Phi) is 48.3. The van der Waals surface area contributed by atoms with Gasteiger partial charge in [0.25, 0.3) is 0 Å². The molecule has 0 aromatic heterocycles. The van der Waals surface area contributed by atoms with Crippen LogP contribution in [0.25, 0.3) is 0 Å². The molecule has 0 aromatic carbocycles. The summed E-state index contributed by atoms with van der Waals surface area (Å²) in [6, 6.07) is 0. The highest BCUT2D eigenvalue weighted by Gasteiger charge is 2.19. The minimum atomic E-state index is -0.764. The second-order valence-corrected chi connectivity index (χ2v) is 18.2. The van der Waals surface area contributed by atoms with Crippen LogP contribution >= 0.6 is 0 Å². The molecule has 0 saturated carbocycles. The lowest BCUT2D eigenvalue weighted by Crippen LogP contribution is -2.30. The SMILES string of the molecule is CCCCCCCCCC/C=C\CCCCCCCCCC(=O)OC[C@@H](COC(=O)CCCCCCCCCCC)OC(=O)CCCCCCCCCCCCCCCC. The molecule has 0 radical (unpaired) electrons. The lowest BCUT2D eigenvalue weighted by molar-refractivity contribution is -0.167. The van der Waals surface area contributed by atoms with E-state index in [1.807, 2.05) is 0 Å². The van der Waals surface area contributed by atoms with Crippen molar-refractivity contribution < 1.29 is 28.6 Å². The van der Waals surface area contributed by atoms with E-state index >= 15 is 0 Å². The Balaban J connectivity index is 4.25. The van der Waals surface area contributed by atoms with Crippen molar-refractivity contribution in [3.8, 4) is 0 Å². The summed E-state index contributed by atoms with van der Waals surface area (Å²) in [6.45, 7) is 6.65. The molecule has 0 spiro atoms. The van der Waals surface area contributed by atoms with Gasteiger partial charge >= 0.3 is 17.9 Å².